The van der Waals surface area contributed by atoms with E-state index in [4.69, 9.17) is 9.47 Å². The van der Waals surface area contributed by atoms with E-state index < -0.39 is 0 Å². The molecule has 2 aliphatic rings. The molecule has 0 aromatic heterocycles. The largest absolute Gasteiger partial charge is 0.490 e. The molecule has 1 aromatic carbocycles. The molecule has 1 aromatic rings. The summed E-state index contributed by atoms with van der Waals surface area (Å²) in [5.41, 5.74) is 0.976. The number of benzene rings is 1. The Kier molecular flexibility index (Phi) is 4.69. The third-order valence-corrected chi connectivity index (χ3v) is 5.01. The van der Waals surface area contributed by atoms with Gasteiger partial charge in [0.05, 0.1) is 19.3 Å². The van der Waals surface area contributed by atoms with Crippen LogP contribution in [0.1, 0.15) is 57.1 Å². The zero-order valence-corrected chi connectivity index (χ0v) is 12.9. The Balaban J connectivity index is 1.80. The van der Waals surface area contributed by atoms with E-state index >= 15 is 0 Å². The smallest absolute Gasteiger partial charge is 0.161 e. The van der Waals surface area contributed by atoms with E-state index in [9.17, 15) is 5.11 Å². The predicted octanol–water partition coefficient (Wildman–Crippen LogP) is 4.10. The van der Waals surface area contributed by atoms with Crippen LogP contribution in [0.3, 0.4) is 0 Å². The first-order valence-electron chi connectivity index (χ1n) is 8.37. The van der Waals surface area contributed by atoms with Gasteiger partial charge in [0, 0.05) is 6.42 Å². The van der Waals surface area contributed by atoms with E-state index in [1.54, 1.807) is 0 Å². The molecule has 21 heavy (non-hydrogen) atoms. The van der Waals surface area contributed by atoms with Gasteiger partial charge in [0.15, 0.2) is 11.5 Å². The topological polar surface area (TPSA) is 38.7 Å². The highest BCUT2D eigenvalue weighted by Crippen LogP contribution is 2.42. The maximum absolute atomic E-state index is 10.8. The molecule has 1 aliphatic carbocycles. The summed E-state index contributed by atoms with van der Waals surface area (Å²) >= 11 is 0. The first kappa shape index (κ1) is 14.7. The van der Waals surface area contributed by atoms with E-state index in [1.165, 1.54) is 19.3 Å². The Bertz CT molecular complexity index is 472. The van der Waals surface area contributed by atoms with Crippen molar-refractivity contribution < 1.29 is 14.6 Å². The first-order chi connectivity index (χ1) is 10.3. The summed E-state index contributed by atoms with van der Waals surface area (Å²) in [5.74, 6) is 2.62. The van der Waals surface area contributed by atoms with Crippen molar-refractivity contribution in [1.29, 1.82) is 0 Å². The van der Waals surface area contributed by atoms with Gasteiger partial charge in [-0.15, -0.1) is 0 Å². The van der Waals surface area contributed by atoms with Crippen LogP contribution in [0.2, 0.25) is 0 Å². The monoisotopic (exact) mass is 290 g/mol. The van der Waals surface area contributed by atoms with E-state index in [-0.39, 0.29) is 6.10 Å². The molecule has 1 aliphatic heterocycles. The first-order valence-corrected chi connectivity index (χ1v) is 8.37. The quantitative estimate of drug-likeness (QED) is 0.911. The second kappa shape index (κ2) is 6.69. The average molecular weight is 290 g/mol. The number of hydrogen-bond donors (Lipinski definition) is 1. The van der Waals surface area contributed by atoms with Crippen LogP contribution >= 0.6 is 0 Å². The van der Waals surface area contributed by atoms with Gasteiger partial charge < -0.3 is 14.6 Å². The SMILES string of the molecule is CCC1CCCCC1C(O)c1ccc2c(c1)OCCCO2. The Hall–Kier alpha value is -1.22. The molecular weight excluding hydrogens is 264 g/mol. The zero-order chi connectivity index (χ0) is 14.7. The van der Waals surface area contributed by atoms with Crippen molar-refractivity contribution in [3.63, 3.8) is 0 Å². The van der Waals surface area contributed by atoms with E-state index in [0.717, 1.165) is 36.3 Å². The van der Waals surface area contributed by atoms with Crippen molar-refractivity contribution in [3.8, 4) is 11.5 Å². The zero-order valence-electron chi connectivity index (χ0n) is 12.9. The highest BCUT2D eigenvalue weighted by atomic mass is 16.5. The van der Waals surface area contributed by atoms with Crippen LogP contribution in [0.4, 0.5) is 0 Å². The average Bonchev–Trinajstić information content (AvgIpc) is 2.78. The molecule has 3 heteroatoms. The Morgan fingerprint density at radius 2 is 1.86 bits per heavy atom. The fourth-order valence-electron chi connectivity index (χ4n) is 3.77. The third kappa shape index (κ3) is 3.18. The Morgan fingerprint density at radius 1 is 1.10 bits per heavy atom. The van der Waals surface area contributed by atoms with Gasteiger partial charge in [-0.2, -0.15) is 0 Å². The fourth-order valence-corrected chi connectivity index (χ4v) is 3.77. The highest BCUT2D eigenvalue weighted by Gasteiger charge is 2.31. The lowest BCUT2D eigenvalue weighted by atomic mass is 9.73. The van der Waals surface area contributed by atoms with Crippen molar-refractivity contribution in [1.82, 2.24) is 0 Å². The minimum Gasteiger partial charge on any atom is -0.490 e. The van der Waals surface area contributed by atoms with E-state index in [1.807, 2.05) is 18.2 Å². The van der Waals surface area contributed by atoms with Gasteiger partial charge >= 0.3 is 0 Å². The molecule has 116 valence electrons. The number of aliphatic hydroxyl groups excluding tert-OH is 1. The maximum Gasteiger partial charge on any atom is 0.161 e. The van der Waals surface area contributed by atoms with Crippen molar-refractivity contribution >= 4 is 0 Å². The normalized spacial score (nSPS) is 27.0. The molecule has 0 saturated heterocycles. The van der Waals surface area contributed by atoms with Gasteiger partial charge in [-0.05, 0) is 36.0 Å². The third-order valence-electron chi connectivity index (χ3n) is 5.01. The molecule has 1 fully saturated rings. The lowest BCUT2D eigenvalue weighted by molar-refractivity contribution is 0.0450. The standard InChI is InChI=1S/C18H26O3/c1-2-13-6-3-4-7-15(13)18(19)14-8-9-16-17(12-14)21-11-5-10-20-16/h8-9,12-13,15,18-19H,2-7,10-11H2,1H3. The minimum atomic E-state index is -0.382. The van der Waals surface area contributed by atoms with Crippen LogP contribution in [-0.2, 0) is 0 Å². The highest BCUT2D eigenvalue weighted by molar-refractivity contribution is 5.44. The summed E-state index contributed by atoms with van der Waals surface area (Å²) < 4.78 is 11.4. The van der Waals surface area contributed by atoms with Gasteiger partial charge in [-0.1, -0.05) is 38.7 Å². The molecule has 1 heterocycles. The summed E-state index contributed by atoms with van der Waals surface area (Å²) in [7, 11) is 0. The van der Waals surface area contributed by atoms with Crippen molar-refractivity contribution in [3.05, 3.63) is 23.8 Å². The molecule has 0 bridgehead atoms. The summed E-state index contributed by atoms with van der Waals surface area (Å²) in [4.78, 5) is 0. The van der Waals surface area contributed by atoms with Gasteiger partial charge in [-0.25, -0.2) is 0 Å². The lowest BCUT2D eigenvalue weighted by Crippen LogP contribution is -2.25. The molecular formula is C18H26O3. The van der Waals surface area contributed by atoms with Crippen molar-refractivity contribution in [2.75, 3.05) is 13.2 Å². The molecule has 1 N–H and O–H groups in total. The summed E-state index contributed by atoms with van der Waals surface area (Å²) in [6.07, 6.45) is 6.62. The van der Waals surface area contributed by atoms with Crippen molar-refractivity contribution in [2.24, 2.45) is 11.8 Å². The molecule has 3 atom stereocenters. The molecule has 0 radical (unpaired) electrons. The number of fused-ring (bicyclic) bond motifs is 1. The second-order valence-corrected chi connectivity index (χ2v) is 6.32. The summed E-state index contributed by atoms with van der Waals surface area (Å²) in [5, 5.41) is 10.8. The van der Waals surface area contributed by atoms with Gasteiger partial charge in [0.1, 0.15) is 0 Å². The second-order valence-electron chi connectivity index (χ2n) is 6.32. The Morgan fingerprint density at radius 3 is 2.67 bits per heavy atom. The summed E-state index contributed by atoms with van der Waals surface area (Å²) in [6.45, 7) is 3.63. The van der Waals surface area contributed by atoms with E-state index in [0.29, 0.717) is 25.0 Å². The van der Waals surface area contributed by atoms with Gasteiger partial charge in [0.2, 0.25) is 0 Å². The maximum atomic E-state index is 10.8. The number of hydrogen-bond acceptors (Lipinski definition) is 3. The van der Waals surface area contributed by atoms with Gasteiger partial charge in [-0.3, -0.25) is 0 Å². The van der Waals surface area contributed by atoms with Gasteiger partial charge in [0.25, 0.3) is 0 Å². The molecule has 1 saturated carbocycles. The Labute approximate surface area is 127 Å². The lowest BCUT2D eigenvalue weighted by Gasteiger charge is -2.34. The van der Waals surface area contributed by atoms with Crippen LogP contribution < -0.4 is 9.47 Å². The number of rotatable bonds is 3. The van der Waals surface area contributed by atoms with Crippen molar-refractivity contribution in [2.45, 2.75) is 51.6 Å². The predicted molar refractivity (Wildman–Crippen MR) is 82.7 cm³/mol. The van der Waals surface area contributed by atoms with E-state index in [2.05, 4.69) is 6.92 Å². The minimum absolute atomic E-state index is 0.382. The molecule has 3 nitrogen and oxygen atoms in total. The number of aliphatic hydroxyl groups is 1. The van der Waals surface area contributed by atoms with Crippen LogP contribution in [0, 0.1) is 11.8 Å². The number of ether oxygens (including phenoxy) is 2. The molecule has 3 unspecified atom stereocenters. The van der Waals surface area contributed by atoms with Crippen LogP contribution in [0.25, 0.3) is 0 Å². The molecule has 0 spiro atoms. The fraction of sp³-hybridized carbons (Fsp3) is 0.667. The molecule has 0 amide bonds. The van der Waals surface area contributed by atoms with Crippen LogP contribution in [-0.4, -0.2) is 18.3 Å². The molecule has 3 rings (SSSR count). The summed E-state index contributed by atoms with van der Waals surface area (Å²) in [6, 6.07) is 5.93. The van der Waals surface area contributed by atoms with Crippen LogP contribution in [0.15, 0.2) is 18.2 Å². The van der Waals surface area contributed by atoms with Crippen LogP contribution in [0.5, 0.6) is 11.5 Å².